The van der Waals surface area contributed by atoms with Crippen LogP contribution in [0.4, 0.5) is 0 Å². The lowest BCUT2D eigenvalue weighted by atomic mass is 10.2. The third kappa shape index (κ3) is 4.04. The Kier molecular flexibility index (Phi) is 5.56. The molecule has 0 bridgehead atoms. The minimum Gasteiger partial charge on any atom is -0.506 e. The van der Waals surface area contributed by atoms with Gasteiger partial charge in [0.25, 0.3) is 5.91 Å². The molecule has 20 heavy (non-hydrogen) atoms. The second-order valence-corrected chi connectivity index (χ2v) is 6.28. The number of aromatic hydroxyl groups is 1. The molecule has 1 saturated heterocycles. The van der Waals surface area contributed by atoms with Crippen LogP contribution < -0.4 is 5.43 Å². The molecule has 7 heteroatoms. The maximum absolute atomic E-state index is 11.7. The third-order valence-electron chi connectivity index (χ3n) is 3.06. The third-order valence-corrected chi connectivity index (χ3v) is 4.39. The molecule has 2 rings (SSSR count). The fourth-order valence-electron chi connectivity index (χ4n) is 2.03. The molecule has 1 aromatic carbocycles. The van der Waals surface area contributed by atoms with E-state index >= 15 is 0 Å². The van der Waals surface area contributed by atoms with Crippen molar-refractivity contribution in [3.8, 4) is 5.75 Å². The quantitative estimate of drug-likeness (QED) is 0.598. The summed E-state index contributed by atoms with van der Waals surface area (Å²) in [6.45, 7) is 2.30. The highest BCUT2D eigenvalue weighted by atomic mass is 79.9. The van der Waals surface area contributed by atoms with Crippen molar-refractivity contribution >= 4 is 44.0 Å². The summed E-state index contributed by atoms with van der Waals surface area (Å²) in [5.74, 6) is -0.0642. The van der Waals surface area contributed by atoms with Crippen LogP contribution in [0.25, 0.3) is 0 Å². The van der Waals surface area contributed by atoms with E-state index in [1.54, 1.807) is 12.1 Å². The first-order chi connectivity index (χ1) is 9.58. The molecule has 0 aliphatic carbocycles. The van der Waals surface area contributed by atoms with Crippen LogP contribution in [0, 0.1) is 0 Å². The molecule has 0 aromatic heterocycles. The van der Waals surface area contributed by atoms with E-state index in [2.05, 4.69) is 47.3 Å². The van der Waals surface area contributed by atoms with Gasteiger partial charge in [0.05, 0.1) is 22.8 Å². The van der Waals surface area contributed by atoms with Gasteiger partial charge >= 0.3 is 0 Å². The largest absolute Gasteiger partial charge is 0.506 e. The van der Waals surface area contributed by atoms with E-state index in [-0.39, 0.29) is 11.7 Å². The van der Waals surface area contributed by atoms with Gasteiger partial charge in [0.15, 0.2) is 0 Å². The molecule has 5 nitrogen and oxygen atoms in total. The van der Waals surface area contributed by atoms with E-state index in [1.165, 1.54) is 6.21 Å². The van der Waals surface area contributed by atoms with Crippen LogP contribution in [-0.2, 0) is 4.79 Å². The highest BCUT2D eigenvalue weighted by Crippen LogP contribution is 2.31. The number of rotatable bonds is 4. The predicted octanol–water partition coefficient (Wildman–Crippen LogP) is 2.46. The number of carbonyl (C=O) groups excluding carboxylic acids is 1. The number of benzene rings is 1. The number of halogens is 2. The molecule has 0 saturated carbocycles. The number of nitrogens with zero attached hydrogens (tertiary/aromatic N) is 2. The van der Waals surface area contributed by atoms with E-state index < -0.39 is 0 Å². The van der Waals surface area contributed by atoms with Crippen molar-refractivity contribution in [1.82, 2.24) is 10.3 Å². The fraction of sp³-hybridized carbons (Fsp3) is 0.385. The van der Waals surface area contributed by atoms with Gasteiger partial charge in [0.2, 0.25) is 0 Å². The molecule has 1 fully saturated rings. The lowest BCUT2D eigenvalue weighted by Gasteiger charge is -2.12. The summed E-state index contributed by atoms with van der Waals surface area (Å²) in [6.07, 6.45) is 3.72. The van der Waals surface area contributed by atoms with Crippen LogP contribution in [0.2, 0.25) is 0 Å². The lowest BCUT2D eigenvalue weighted by Crippen LogP contribution is -2.33. The van der Waals surface area contributed by atoms with Gasteiger partial charge in [-0.2, -0.15) is 5.10 Å². The molecule has 0 radical (unpaired) electrons. The Morgan fingerprint density at radius 1 is 1.35 bits per heavy atom. The first-order valence-electron chi connectivity index (χ1n) is 6.29. The van der Waals surface area contributed by atoms with E-state index in [1.807, 2.05) is 0 Å². The number of hydrogen-bond acceptors (Lipinski definition) is 4. The van der Waals surface area contributed by atoms with Gasteiger partial charge in [0, 0.05) is 4.47 Å². The number of hydrogen-bond donors (Lipinski definition) is 2. The monoisotopic (exact) mass is 403 g/mol. The Morgan fingerprint density at radius 2 is 2.00 bits per heavy atom. The van der Waals surface area contributed by atoms with Crippen molar-refractivity contribution in [2.24, 2.45) is 5.10 Å². The molecule has 1 heterocycles. The standard InChI is InChI=1S/C13H15Br2N3O2/c14-10-3-4-11(15)13(20)9(10)7-16-17-12(19)8-18-5-1-2-6-18/h3-4,7,20H,1-2,5-6,8H2,(H,17,19). The lowest BCUT2D eigenvalue weighted by molar-refractivity contribution is -0.121. The summed E-state index contributed by atoms with van der Waals surface area (Å²) < 4.78 is 1.28. The van der Waals surface area contributed by atoms with Crippen LogP contribution in [0.3, 0.4) is 0 Å². The molecular formula is C13H15Br2N3O2. The first-order valence-corrected chi connectivity index (χ1v) is 7.88. The zero-order valence-electron chi connectivity index (χ0n) is 10.8. The summed E-state index contributed by atoms with van der Waals surface area (Å²) in [5.41, 5.74) is 2.99. The summed E-state index contributed by atoms with van der Waals surface area (Å²) >= 11 is 6.56. The van der Waals surface area contributed by atoms with E-state index in [0.29, 0.717) is 21.1 Å². The molecular weight excluding hydrogens is 390 g/mol. The highest BCUT2D eigenvalue weighted by molar-refractivity contribution is 9.11. The van der Waals surface area contributed by atoms with Crippen molar-refractivity contribution in [3.63, 3.8) is 0 Å². The Balaban J connectivity index is 1.93. The highest BCUT2D eigenvalue weighted by Gasteiger charge is 2.14. The van der Waals surface area contributed by atoms with Gasteiger partial charge < -0.3 is 5.11 Å². The van der Waals surface area contributed by atoms with Crippen LogP contribution in [0.1, 0.15) is 18.4 Å². The minimum absolute atomic E-state index is 0.0805. The van der Waals surface area contributed by atoms with Crippen molar-refractivity contribution in [2.45, 2.75) is 12.8 Å². The summed E-state index contributed by atoms with van der Waals surface area (Å²) in [6, 6.07) is 3.51. The van der Waals surface area contributed by atoms with Crippen LogP contribution >= 0.6 is 31.9 Å². The van der Waals surface area contributed by atoms with E-state index in [4.69, 9.17) is 0 Å². The van der Waals surface area contributed by atoms with Crippen molar-refractivity contribution in [3.05, 3.63) is 26.6 Å². The predicted molar refractivity (Wildman–Crippen MR) is 84.9 cm³/mol. The summed E-state index contributed by atoms with van der Waals surface area (Å²) in [5, 5.41) is 13.8. The second-order valence-electron chi connectivity index (χ2n) is 4.57. The number of nitrogens with one attached hydrogen (secondary N) is 1. The van der Waals surface area contributed by atoms with Crippen molar-refractivity contribution in [2.75, 3.05) is 19.6 Å². The number of carbonyl (C=O) groups is 1. The number of amides is 1. The van der Waals surface area contributed by atoms with Crippen LogP contribution in [0.15, 0.2) is 26.2 Å². The zero-order valence-corrected chi connectivity index (χ0v) is 13.9. The van der Waals surface area contributed by atoms with Crippen LogP contribution in [0.5, 0.6) is 5.75 Å². The van der Waals surface area contributed by atoms with E-state index in [0.717, 1.165) is 25.9 Å². The smallest absolute Gasteiger partial charge is 0.254 e. The Morgan fingerprint density at radius 3 is 2.70 bits per heavy atom. The van der Waals surface area contributed by atoms with Gasteiger partial charge in [-0.15, -0.1) is 0 Å². The van der Waals surface area contributed by atoms with Gasteiger partial charge in [-0.25, -0.2) is 5.43 Å². The maximum Gasteiger partial charge on any atom is 0.254 e. The summed E-state index contributed by atoms with van der Waals surface area (Å²) in [7, 11) is 0. The summed E-state index contributed by atoms with van der Waals surface area (Å²) in [4.78, 5) is 13.8. The number of hydrazone groups is 1. The SMILES string of the molecule is O=C(CN1CCCC1)NN=Cc1c(Br)ccc(Br)c1O. The number of likely N-dealkylation sites (tertiary alicyclic amines) is 1. The number of phenols is 1. The van der Waals surface area contributed by atoms with E-state index in [9.17, 15) is 9.90 Å². The molecule has 108 valence electrons. The van der Waals surface area contributed by atoms with Gasteiger partial charge in [0.1, 0.15) is 5.75 Å². The molecule has 1 aromatic rings. The first kappa shape index (κ1) is 15.5. The maximum atomic E-state index is 11.7. The molecule has 1 aliphatic rings. The van der Waals surface area contributed by atoms with Gasteiger partial charge in [-0.3, -0.25) is 9.69 Å². The molecule has 1 amide bonds. The fourth-order valence-corrected chi connectivity index (χ4v) is 2.80. The molecule has 0 spiro atoms. The topological polar surface area (TPSA) is 64.9 Å². The normalized spacial score (nSPS) is 15.9. The Hall–Kier alpha value is -0.920. The van der Waals surface area contributed by atoms with Gasteiger partial charge in [-0.1, -0.05) is 0 Å². The average molecular weight is 405 g/mol. The van der Waals surface area contributed by atoms with Crippen molar-refractivity contribution in [1.29, 1.82) is 0 Å². The molecule has 0 atom stereocenters. The Labute approximate surface area is 134 Å². The van der Waals surface area contributed by atoms with Crippen molar-refractivity contribution < 1.29 is 9.90 Å². The number of phenolic OH excluding ortho intramolecular Hbond substituents is 1. The molecule has 1 aliphatic heterocycles. The van der Waals surface area contributed by atoms with Gasteiger partial charge in [-0.05, 0) is 69.9 Å². The zero-order chi connectivity index (χ0) is 14.5. The minimum atomic E-state index is -0.145. The Bertz CT molecular complexity index is 529. The van der Waals surface area contributed by atoms with Crippen LogP contribution in [-0.4, -0.2) is 41.8 Å². The second kappa shape index (κ2) is 7.19. The average Bonchev–Trinajstić information content (AvgIpc) is 2.91. The molecule has 0 unspecified atom stereocenters. The molecule has 2 N–H and O–H groups in total.